The second kappa shape index (κ2) is 2.89. The van der Waals surface area contributed by atoms with Crippen LogP contribution in [0.2, 0.25) is 0 Å². The molecule has 1 aliphatic rings. The van der Waals surface area contributed by atoms with Crippen molar-refractivity contribution in [1.29, 1.82) is 0 Å². The van der Waals surface area contributed by atoms with Gasteiger partial charge in [0.1, 0.15) is 0 Å². The lowest BCUT2D eigenvalue weighted by Crippen LogP contribution is -2.31. The first-order chi connectivity index (χ1) is 4.70. The predicted octanol–water partition coefficient (Wildman–Crippen LogP) is 1.12. The van der Waals surface area contributed by atoms with Crippen molar-refractivity contribution in [2.75, 3.05) is 26.7 Å². The smallest absolute Gasteiger partial charge is 0.0789 e. The zero-order valence-corrected chi connectivity index (χ0v) is 7.18. The van der Waals surface area contributed by atoms with Crippen LogP contribution in [0.4, 0.5) is 0 Å². The van der Waals surface area contributed by atoms with Gasteiger partial charge in [0.25, 0.3) is 0 Å². The highest BCUT2D eigenvalue weighted by atomic mass is 16.5. The number of likely N-dealkylation sites (tertiary alicyclic amines) is 1. The molecule has 10 heavy (non-hydrogen) atoms. The molecule has 1 heterocycles. The second-order valence-corrected chi connectivity index (χ2v) is 3.27. The lowest BCUT2D eigenvalue weighted by Gasteiger charge is -2.22. The van der Waals surface area contributed by atoms with Crippen LogP contribution in [0.5, 0.6) is 0 Å². The van der Waals surface area contributed by atoms with Gasteiger partial charge in [-0.15, -0.1) is 0 Å². The number of likely N-dealkylation sites (N-methyl/N-ethyl adjacent to an activating group) is 1. The first-order valence-electron chi connectivity index (χ1n) is 3.98. The number of methoxy groups -OCH3 is 1. The molecule has 60 valence electrons. The molecule has 1 fully saturated rings. The van der Waals surface area contributed by atoms with Gasteiger partial charge in [-0.3, -0.25) is 0 Å². The molecule has 0 aromatic heterocycles. The summed E-state index contributed by atoms with van der Waals surface area (Å²) in [6.45, 7) is 7.82. The Morgan fingerprint density at radius 3 is 2.60 bits per heavy atom. The first-order valence-corrected chi connectivity index (χ1v) is 3.98. The van der Waals surface area contributed by atoms with Crippen molar-refractivity contribution in [3.05, 3.63) is 0 Å². The fourth-order valence-corrected chi connectivity index (χ4v) is 1.46. The van der Waals surface area contributed by atoms with Gasteiger partial charge in [-0.25, -0.2) is 0 Å². The summed E-state index contributed by atoms with van der Waals surface area (Å²) < 4.78 is 5.39. The van der Waals surface area contributed by atoms with Crippen molar-refractivity contribution in [2.24, 2.45) is 0 Å². The van der Waals surface area contributed by atoms with E-state index in [0.29, 0.717) is 0 Å². The molecule has 1 saturated heterocycles. The third-order valence-corrected chi connectivity index (χ3v) is 2.45. The van der Waals surface area contributed by atoms with Gasteiger partial charge in [0.15, 0.2) is 0 Å². The zero-order chi connectivity index (χ0) is 7.61. The molecule has 2 heteroatoms. The van der Waals surface area contributed by atoms with Gasteiger partial charge in [0.05, 0.1) is 5.60 Å². The number of rotatable bonds is 2. The van der Waals surface area contributed by atoms with Crippen LogP contribution in [0.25, 0.3) is 0 Å². The number of nitrogens with zero attached hydrogens (tertiary/aromatic N) is 1. The molecule has 0 aromatic rings. The van der Waals surface area contributed by atoms with Crippen LogP contribution in [0.1, 0.15) is 20.3 Å². The minimum Gasteiger partial charge on any atom is -0.377 e. The summed E-state index contributed by atoms with van der Waals surface area (Å²) in [5.41, 5.74) is 0.135. The highest BCUT2D eigenvalue weighted by Gasteiger charge is 2.32. The minimum absolute atomic E-state index is 0.135. The average molecular weight is 143 g/mol. The molecule has 1 unspecified atom stereocenters. The van der Waals surface area contributed by atoms with E-state index in [4.69, 9.17) is 4.74 Å². The van der Waals surface area contributed by atoms with E-state index in [1.807, 2.05) is 0 Å². The van der Waals surface area contributed by atoms with Gasteiger partial charge in [0.2, 0.25) is 0 Å². The summed E-state index contributed by atoms with van der Waals surface area (Å²) in [6, 6.07) is 0. The van der Waals surface area contributed by atoms with E-state index in [1.165, 1.54) is 13.0 Å². The van der Waals surface area contributed by atoms with Gasteiger partial charge >= 0.3 is 0 Å². The van der Waals surface area contributed by atoms with E-state index in [0.717, 1.165) is 13.1 Å². The molecule has 1 rings (SSSR count). The van der Waals surface area contributed by atoms with Crippen LogP contribution < -0.4 is 0 Å². The molecule has 2 nitrogen and oxygen atoms in total. The molecule has 0 aromatic carbocycles. The van der Waals surface area contributed by atoms with Crippen LogP contribution in [0.3, 0.4) is 0 Å². The van der Waals surface area contributed by atoms with Crippen molar-refractivity contribution in [1.82, 2.24) is 4.90 Å². The van der Waals surface area contributed by atoms with Crippen LogP contribution in [0.15, 0.2) is 0 Å². The third kappa shape index (κ3) is 1.50. The van der Waals surface area contributed by atoms with E-state index >= 15 is 0 Å². The van der Waals surface area contributed by atoms with Crippen molar-refractivity contribution in [2.45, 2.75) is 25.9 Å². The summed E-state index contributed by atoms with van der Waals surface area (Å²) in [5, 5.41) is 0. The summed E-state index contributed by atoms with van der Waals surface area (Å²) >= 11 is 0. The Morgan fingerprint density at radius 1 is 1.60 bits per heavy atom. The van der Waals surface area contributed by atoms with Gasteiger partial charge in [-0.05, 0) is 19.9 Å². The Kier molecular flexibility index (Phi) is 2.32. The molecular formula is C8H17NO. The highest BCUT2D eigenvalue weighted by molar-refractivity contribution is 4.86. The highest BCUT2D eigenvalue weighted by Crippen LogP contribution is 2.23. The maximum atomic E-state index is 5.39. The van der Waals surface area contributed by atoms with Crippen LogP contribution in [-0.2, 0) is 4.74 Å². The van der Waals surface area contributed by atoms with Gasteiger partial charge in [0, 0.05) is 20.2 Å². The lowest BCUT2D eigenvalue weighted by molar-refractivity contribution is 0.0153. The maximum Gasteiger partial charge on any atom is 0.0789 e. The minimum atomic E-state index is 0.135. The molecule has 0 spiro atoms. The van der Waals surface area contributed by atoms with Crippen molar-refractivity contribution in [3.63, 3.8) is 0 Å². The fourth-order valence-electron chi connectivity index (χ4n) is 1.46. The Morgan fingerprint density at radius 2 is 2.30 bits per heavy atom. The summed E-state index contributed by atoms with van der Waals surface area (Å²) in [7, 11) is 1.80. The SMILES string of the molecule is CCN1CCC(C)(OC)C1. The number of hydrogen-bond donors (Lipinski definition) is 0. The van der Waals surface area contributed by atoms with Gasteiger partial charge < -0.3 is 9.64 Å². The summed E-state index contributed by atoms with van der Waals surface area (Å²) in [6.07, 6.45) is 1.18. The number of hydrogen-bond acceptors (Lipinski definition) is 2. The number of ether oxygens (including phenoxy) is 1. The van der Waals surface area contributed by atoms with E-state index in [-0.39, 0.29) is 5.60 Å². The lowest BCUT2D eigenvalue weighted by atomic mass is 10.1. The summed E-state index contributed by atoms with van der Waals surface area (Å²) in [4.78, 5) is 2.42. The maximum absolute atomic E-state index is 5.39. The topological polar surface area (TPSA) is 12.5 Å². The Labute approximate surface area is 63.2 Å². The van der Waals surface area contributed by atoms with Crippen molar-refractivity contribution < 1.29 is 4.74 Å². The third-order valence-electron chi connectivity index (χ3n) is 2.45. The van der Waals surface area contributed by atoms with Crippen LogP contribution in [0, 0.1) is 0 Å². The molecule has 0 N–H and O–H groups in total. The van der Waals surface area contributed by atoms with Gasteiger partial charge in [-0.1, -0.05) is 6.92 Å². The van der Waals surface area contributed by atoms with Crippen LogP contribution in [-0.4, -0.2) is 37.2 Å². The quantitative estimate of drug-likeness (QED) is 0.574. The standard InChI is InChI=1S/C8H17NO/c1-4-9-6-5-8(2,7-9)10-3/h4-7H2,1-3H3. The fraction of sp³-hybridized carbons (Fsp3) is 1.00. The molecule has 0 aliphatic carbocycles. The monoisotopic (exact) mass is 143 g/mol. The van der Waals surface area contributed by atoms with E-state index in [2.05, 4.69) is 18.7 Å². The Bertz CT molecular complexity index is 116. The van der Waals surface area contributed by atoms with E-state index in [9.17, 15) is 0 Å². The van der Waals surface area contributed by atoms with E-state index < -0.39 is 0 Å². The summed E-state index contributed by atoms with van der Waals surface area (Å²) in [5.74, 6) is 0. The molecule has 0 amide bonds. The van der Waals surface area contributed by atoms with Crippen LogP contribution >= 0.6 is 0 Å². The first kappa shape index (κ1) is 8.02. The Balaban J connectivity index is 2.41. The van der Waals surface area contributed by atoms with Gasteiger partial charge in [-0.2, -0.15) is 0 Å². The largest absolute Gasteiger partial charge is 0.377 e. The molecular weight excluding hydrogens is 126 g/mol. The molecule has 0 radical (unpaired) electrons. The average Bonchev–Trinajstić information content (AvgIpc) is 2.33. The second-order valence-electron chi connectivity index (χ2n) is 3.27. The predicted molar refractivity (Wildman–Crippen MR) is 42.1 cm³/mol. The molecule has 1 aliphatic heterocycles. The molecule has 0 saturated carbocycles. The molecule has 1 atom stereocenters. The normalized spacial score (nSPS) is 35.1. The van der Waals surface area contributed by atoms with Crippen molar-refractivity contribution >= 4 is 0 Å². The van der Waals surface area contributed by atoms with E-state index in [1.54, 1.807) is 7.11 Å². The van der Waals surface area contributed by atoms with Crippen molar-refractivity contribution in [3.8, 4) is 0 Å². The molecule has 0 bridgehead atoms. The Hall–Kier alpha value is -0.0800. The zero-order valence-electron chi connectivity index (χ0n) is 7.18.